The van der Waals surface area contributed by atoms with Crippen LogP contribution in [0.25, 0.3) is 0 Å². The fraction of sp³-hybridized carbons (Fsp3) is 0.727. The third-order valence-electron chi connectivity index (χ3n) is 2.34. The highest BCUT2D eigenvalue weighted by atomic mass is 16.4. The smallest absolute Gasteiger partial charge is 0.320 e. The van der Waals surface area contributed by atoms with Gasteiger partial charge in [-0.2, -0.15) is 0 Å². The van der Waals surface area contributed by atoms with E-state index in [4.69, 9.17) is 38.9 Å². The van der Waals surface area contributed by atoms with Crippen LogP contribution in [0.3, 0.4) is 0 Å². The molecule has 0 aromatic carbocycles. The van der Waals surface area contributed by atoms with E-state index in [0.29, 0.717) is 13.0 Å². The van der Waals surface area contributed by atoms with Gasteiger partial charge < -0.3 is 38.9 Å². The molecule has 21 heavy (non-hydrogen) atoms. The fourth-order valence-electron chi connectivity index (χ4n) is 1.09. The van der Waals surface area contributed by atoms with Crippen molar-refractivity contribution < 1.29 is 19.8 Å². The van der Waals surface area contributed by atoms with Crippen LogP contribution in [0.4, 0.5) is 0 Å². The van der Waals surface area contributed by atoms with Crippen molar-refractivity contribution in [3.63, 3.8) is 0 Å². The van der Waals surface area contributed by atoms with Crippen molar-refractivity contribution in [1.82, 2.24) is 0 Å². The molecule has 0 aliphatic carbocycles. The third kappa shape index (κ3) is 16.0. The van der Waals surface area contributed by atoms with Gasteiger partial charge in [0.05, 0.1) is 0 Å². The Balaban J connectivity index is 0. The van der Waals surface area contributed by atoms with E-state index in [9.17, 15) is 9.59 Å². The minimum Gasteiger partial charge on any atom is -0.480 e. The van der Waals surface area contributed by atoms with Gasteiger partial charge in [-0.15, -0.1) is 0 Å². The van der Waals surface area contributed by atoms with E-state index in [2.05, 4.69) is 4.99 Å². The highest BCUT2D eigenvalue weighted by Gasteiger charge is 2.09. The van der Waals surface area contributed by atoms with Crippen LogP contribution < -0.4 is 28.7 Å². The van der Waals surface area contributed by atoms with Gasteiger partial charge in [0.25, 0.3) is 0 Å². The average Bonchev–Trinajstić information content (AvgIpc) is 2.38. The van der Waals surface area contributed by atoms with E-state index in [1.54, 1.807) is 0 Å². The quantitative estimate of drug-likeness (QED) is 0.137. The summed E-state index contributed by atoms with van der Waals surface area (Å²) in [5, 5.41) is 16.6. The first-order valence-corrected chi connectivity index (χ1v) is 6.44. The Bertz CT molecular complexity index is 333. The topological polar surface area (TPSA) is 217 Å². The number of hydrogen-bond acceptors (Lipinski definition) is 6. The number of guanidine groups is 1. The maximum absolute atomic E-state index is 10.1. The molecule has 0 saturated carbocycles. The van der Waals surface area contributed by atoms with Gasteiger partial charge in [0.1, 0.15) is 12.1 Å². The summed E-state index contributed by atoms with van der Waals surface area (Å²) in [5.74, 6) is -2.03. The number of rotatable bonds is 9. The molecular formula is C11H26N6O4. The van der Waals surface area contributed by atoms with Crippen molar-refractivity contribution in [2.75, 3.05) is 13.1 Å². The van der Waals surface area contributed by atoms with Crippen LogP contribution in [0.1, 0.15) is 25.7 Å². The molecule has 0 saturated heterocycles. The predicted octanol–water partition coefficient (Wildman–Crippen LogP) is -2.41. The summed E-state index contributed by atoms with van der Waals surface area (Å²) in [6.45, 7) is 0.849. The molecule has 12 N–H and O–H groups in total. The molecule has 2 unspecified atom stereocenters. The molecule has 0 aliphatic rings. The Morgan fingerprint density at radius 1 is 0.952 bits per heavy atom. The third-order valence-corrected chi connectivity index (χ3v) is 2.34. The molecule has 124 valence electrons. The van der Waals surface area contributed by atoms with Gasteiger partial charge in [-0.3, -0.25) is 14.6 Å². The van der Waals surface area contributed by atoms with Crippen LogP contribution in [0.5, 0.6) is 0 Å². The number of carboxylic acid groups (broad SMARTS) is 2. The number of aliphatic imine (C=N–C) groups is 1. The molecule has 10 nitrogen and oxygen atoms in total. The van der Waals surface area contributed by atoms with Gasteiger partial charge >= 0.3 is 11.9 Å². The predicted molar refractivity (Wildman–Crippen MR) is 79.4 cm³/mol. The van der Waals surface area contributed by atoms with Gasteiger partial charge in [0.15, 0.2) is 5.96 Å². The highest BCUT2D eigenvalue weighted by molar-refractivity contribution is 5.76. The number of unbranched alkanes of at least 4 members (excludes halogenated alkanes) is 1. The van der Waals surface area contributed by atoms with Gasteiger partial charge in [-0.05, 0) is 25.8 Å². The average molecular weight is 306 g/mol. The number of hydrogen-bond donors (Lipinski definition) is 7. The zero-order valence-corrected chi connectivity index (χ0v) is 11.9. The number of carbonyl (C=O) groups is 2. The summed E-state index contributed by atoms with van der Waals surface area (Å²) in [7, 11) is 0. The van der Waals surface area contributed by atoms with Crippen LogP contribution in [-0.2, 0) is 9.59 Å². The molecule has 0 radical (unpaired) electrons. The summed E-state index contributed by atoms with van der Waals surface area (Å²) < 4.78 is 0. The first-order chi connectivity index (χ1) is 9.72. The standard InChI is InChI=1S/C6H14N2O2.C5H12N4O2/c7-4-2-1-3-5(8)6(9)10;6-3(4(10)11)1-2-9-5(7)8/h5H,1-4,7-8H2,(H,9,10);3H,1-2,6H2,(H,10,11)(H4,7,8,9). The SMILES string of the molecule is NC(N)=NCCC(N)C(=O)O.NCCCCC(N)C(=O)O. The molecule has 0 heterocycles. The molecule has 0 aliphatic heterocycles. The van der Waals surface area contributed by atoms with E-state index in [0.717, 1.165) is 12.8 Å². The van der Waals surface area contributed by atoms with Crippen molar-refractivity contribution in [2.45, 2.75) is 37.8 Å². The molecule has 10 heteroatoms. The minimum absolute atomic E-state index is 0.0532. The van der Waals surface area contributed by atoms with Gasteiger partial charge in [-0.1, -0.05) is 6.42 Å². The lowest BCUT2D eigenvalue weighted by Gasteiger charge is -2.03. The van der Waals surface area contributed by atoms with Crippen molar-refractivity contribution in [2.24, 2.45) is 33.7 Å². The van der Waals surface area contributed by atoms with E-state index < -0.39 is 24.0 Å². The van der Waals surface area contributed by atoms with Gasteiger partial charge in [0.2, 0.25) is 0 Å². The summed E-state index contributed by atoms with van der Waals surface area (Å²) in [6, 6.07) is -1.61. The van der Waals surface area contributed by atoms with Crippen molar-refractivity contribution in [3.05, 3.63) is 0 Å². The Morgan fingerprint density at radius 2 is 1.43 bits per heavy atom. The van der Waals surface area contributed by atoms with Crippen LogP contribution >= 0.6 is 0 Å². The Labute approximate surface area is 123 Å². The zero-order chi connectivity index (χ0) is 16.8. The second-order valence-electron chi connectivity index (χ2n) is 4.27. The second kappa shape index (κ2) is 13.1. The first-order valence-electron chi connectivity index (χ1n) is 6.44. The highest BCUT2D eigenvalue weighted by Crippen LogP contribution is 1.96. The fourth-order valence-corrected chi connectivity index (χ4v) is 1.09. The van der Waals surface area contributed by atoms with E-state index in [-0.39, 0.29) is 18.9 Å². The summed E-state index contributed by atoms with van der Waals surface area (Å²) >= 11 is 0. The zero-order valence-electron chi connectivity index (χ0n) is 11.9. The molecule has 2 atom stereocenters. The summed E-state index contributed by atoms with van der Waals surface area (Å²) in [4.78, 5) is 23.9. The Morgan fingerprint density at radius 3 is 1.81 bits per heavy atom. The van der Waals surface area contributed by atoms with E-state index >= 15 is 0 Å². The molecule has 0 bridgehead atoms. The van der Waals surface area contributed by atoms with Crippen molar-refractivity contribution in [3.8, 4) is 0 Å². The van der Waals surface area contributed by atoms with Crippen LogP contribution in [0.2, 0.25) is 0 Å². The van der Waals surface area contributed by atoms with E-state index in [1.807, 2.05) is 0 Å². The maximum Gasteiger partial charge on any atom is 0.320 e. The first kappa shape index (κ1) is 21.4. The second-order valence-corrected chi connectivity index (χ2v) is 4.27. The molecule has 0 aromatic rings. The number of aliphatic carboxylic acids is 2. The monoisotopic (exact) mass is 306 g/mol. The molecule has 0 amide bonds. The molecule has 0 aromatic heterocycles. The Kier molecular flexibility index (Phi) is 13.3. The van der Waals surface area contributed by atoms with Crippen molar-refractivity contribution >= 4 is 17.9 Å². The summed E-state index contributed by atoms with van der Waals surface area (Å²) in [6.07, 6.45) is 2.41. The number of carboxylic acids is 2. The molecular weight excluding hydrogens is 280 g/mol. The molecule has 0 fully saturated rings. The van der Waals surface area contributed by atoms with Gasteiger partial charge in [0, 0.05) is 6.54 Å². The Hall–Kier alpha value is -1.91. The van der Waals surface area contributed by atoms with Crippen molar-refractivity contribution in [1.29, 1.82) is 0 Å². The lowest BCUT2D eigenvalue weighted by molar-refractivity contribution is -0.139. The number of nitrogens with two attached hydrogens (primary N) is 5. The van der Waals surface area contributed by atoms with Crippen LogP contribution in [0, 0.1) is 0 Å². The lowest BCUT2D eigenvalue weighted by atomic mass is 10.1. The molecule has 0 rings (SSSR count). The summed E-state index contributed by atoms with van der Waals surface area (Å²) in [5.41, 5.74) is 25.6. The van der Waals surface area contributed by atoms with Crippen LogP contribution in [0.15, 0.2) is 4.99 Å². The minimum atomic E-state index is -1.05. The molecule has 0 spiro atoms. The van der Waals surface area contributed by atoms with E-state index in [1.165, 1.54) is 0 Å². The normalized spacial score (nSPS) is 12.5. The largest absolute Gasteiger partial charge is 0.480 e. The number of nitrogens with zero attached hydrogens (tertiary/aromatic N) is 1. The van der Waals surface area contributed by atoms with Gasteiger partial charge in [-0.25, -0.2) is 0 Å². The lowest BCUT2D eigenvalue weighted by Crippen LogP contribution is -2.31. The van der Waals surface area contributed by atoms with Crippen LogP contribution in [-0.4, -0.2) is 53.3 Å². The maximum atomic E-state index is 10.1.